The molecule has 0 aromatic heterocycles. The number of hydrogen-bond acceptors (Lipinski definition) is 0. The van der Waals surface area contributed by atoms with Crippen LogP contribution >= 0.6 is 0 Å². The minimum Gasteiger partial charge on any atom is -0.0654 e. The van der Waals surface area contributed by atoms with Crippen LogP contribution in [0, 0.1) is 11.8 Å². The van der Waals surface area contributed by atoms with Crippen LogP contribution in [0.2, 0.25) is 0 Å². The third-order valence-corrected chi connectivity index (χ3v) is 3.14. The van der Waals surface area contributed by atoms with E-state index in [0.29, 0.717) is 0 Å². The fourth-order valence-electron chi connectivity index (χ4n) is 1.72. The maximum Gasteiger partial charge on any atom is -0.0443 e. The molecule has 0 heterocycles. The summed E-state index contributed by atoms with van der Waals surface area (Å²) in [5.41, 5.74) is 0. The third kappa shape index (κ3) is 8.33. The lowest BCUT2D eigenvalue weighted by Crippen LogP contribution is -1.97. The minimum absolute atomic E-state index is 0.943. The molecule has 2 unspecified atom stereocenters. The fourth-order valence-corrected chi connectivity index (χ4v) is 1.72. The van der Waals surface area contributed by atoms with Crippen molar-refractivity contribution in [3.63, 3.8) is 0 Å². The smallest absolute Gasteiger partial charge is 0.0443 e. The Kier molecular flexibility index (Phi) is 8.59. The zero-order valence-corrected chi connectivity index (χ0v) is 10.1. The van der Waals surface area contributed by atoms with Crippen molar-refractivity contribution in [3.05, 3.63) is 0 Å². The number of hydrogen-bond donors (Lipinski definition) is 0. The molecule has 0 saturated carbocycles. The van der Waals surface area contributed by atoms with Crippen LogP contribution < -0.4 is 0 Å². The largest absolute Gasteiger partial charge is 0.0654 e. The molecule has 0 heteroatoms. The molecule has 0 bridgehead atoms. The predicted octanol–water partition coefficient (Wildman–Crippen LogP) is 5.03. The van der Waals surface area contributed by atoms with Crippen LogP contribution in [0.4, 0.5) is 0 Å². The van der Waals surface area contributed by atoms with Crippen LogP contribution in [0.1, 0.15) is 72.6 Å². The molecular formula is C13H28. The fraction of sp³-hybridized carbons (Fsp3) is 1.00. The molecule has 0 radical (unpaired) electrons. The van der Waals surface area contributed by atoms with E-state index >= 15 is 0 Å². The average molecular weight is 184 g/mol. The summed E-state index contributed by atoms with van der Waals surface area (Å²) in [5.74, 6) is 1.90. The van der Waals surface area contributed by atoms with Gasteiger partial charge in [-0.1, -0.05) is 72.6 Å². The zero-order valence-electron chi connectivity index (χ0n) is 10.1. The van der Waals surface area contributed by atoms with Gasteiger partial charge in [0.25, 0.3) is 0 Å². The average Bonchev–Trinajstić information content (AvgIpc) is 2.14. The lowest BCUT2D eigenvalue weighted by atomic mass is 9.94. The summed E-state index contributed by atoms with van der Waals surface area (Å²) in [4.78, 5) is 0. The predicted molar refractivity (Wildman–Crippen MR) is 62.0 cm³/mol. The third-order valence-electron chi connectivity index (χ3n) is 3.14. The van der Waals surface area contributed by atoms with E-state index in [1.807, 2.05) is 0 Å². The first-order valence-electron chi connectivity index (χ1n) is 6.20. The molecule has 0 rings (SSSR count). The topological polar surface area (TPSA) is 0 Å². The van der Waals surface area contributed by atoms with Crippen molar-refractivity contribution in [1.29, 1.82) is 0 Å². The van der Waals surface area contributed by atoms with Gasteiger partial charge in [-0.05, 0) is 11.8 Å². The second-order valence-corrected chi connectivity index (χ2v) is 4.69. The first kappa shape index (κ1) is 13.0. The highest BCUT2D eigenvalue weighted by Gasteiger charge is 2.03. The van der Waals surface area contributed by atoms with E-state index in [1.165, 1.54) is 44.9 Å². The molecule has 0 N–H and O–H groups in total. The lowest BCUT2D eigenvalue weighted by Gasteiger charge is -2.12. The van der Waals surface area contributed by atoms with Crippen molar-refractivity contribution in [1.82, 2.24) is 0 Å². The number of unbranched alkanes of at least 4 members (excludes halogenated alkanes) is 1. The Balaban J connectivity index is 3.21. The van der Waals surface area contributed by atoms with E-state index in [-0.39, 0.29) is 0 Å². The molecular weight excluding hydrogens is 156 g/mol. The van der Waals surface area contributed by atoms with Crippen LogP contribution in [0.5, 0.6) is 0 Å². The molecule has 0 spiro atoms. The summed E-state index contributed by atoms with van der Waals surface area (Å²) in [6.07, 6.45) is 9.90. The Morgan fingerprint density at radius 3 is 1.85 bits per heavy atom. The van der Waals surface area contributed by atoms with Gasteiger partial charge in [0.05, 0.1) is 0 Å². The summed E-state index contributed by atoms with van der Waals surface area (Å²) < 4.78 is 0. The first-order chi connectivity index (χ1) is 6.20. The van der Waals surface area contributed by atoms with Crippen molar-refractivity contribution >= 4 is 0 Å². The van der Waals surface area contributed by atoms with E-state index in [9.17, 15) is 0 Å². The van der Waals surface area contributed by atoms with Gasteiger partial charge in [-0.2, -0.15) is 0 Å². The van der Waals surface area contributed by atoms with Gasteiger partial charge in [0.1, 0.15) is 0 Å². The molecule has 2 atom stereocenters. The maximum absolute atomic E-state index is 2.41. The highest BCUT2D eigenvalue weighted by atomic mass is 14.1. The van der Waals surface area contributed by atoms with Gasteiger partial charge in [0, 0.05) is 0 Å². The Morgan fingerprint density at radius 1 is 0.769 bits per heavy atom. The van der Waals surface area contributed by atoms with Crippen LogP contribution in [-0.4, -0.2) is 0 Å². The Morgan fingerprint density at radius 2 is 1.31 bits per heavy atom. The minimum atomic E-state index is 0.943. The molecule has 0 aliphatic rings. The molecule has 0 fully saturated rings. The monoisotopic (exact) mass is 184 g/mol. The number of rotatable bonds is 8. The Labute approximate surface area is 85.1 Å². The highest BCUT2D eigenvalue weighted by molar-refractivity contribution is 4.56. The highest BCUT2D eigenvalue weighted by Crippen LogP contribution is 2.18. The van der Waals surface area contributed by atoms with Gasteiger partial charge < -0.3 is 0 Å². The zero-order chi connectivity index (χ0) is 10.1. The van der Waals surface area contributed by atoms with Gasteiger partial charge in [-0.15, -0.1) is 0 Å². The van der Waals surface area contributed by atoms with Gasteiger partial charge in [0.2, 0.25) is 0 Å². The van der Waals surface area contributed by atoms with Crippen LogP contribution in [0.15, 0.2) is 0 Å². The van der Waals surface area contributed by atoms with Crippen molar-refractivity contribution in [2.45, 2.75) is 72.6 Å². The normalized spacial score (nSPS) is 15.7. The van der Waals surface area contributed by atoms with E-state index in [2.05, 4.69) is 27.7 Å². The maximum atomic E-state index is 2.41. The molecule has 0 nitrogen and oxygen atoms in total. The Bertz CT molecular complexity index is 96.2. The van der Waals surface area contributed by atoms with Crippen molar-refractivity contribution in [2.75, 3.05) is 0 Å². The molecule has 0 aromatic rings. The summed E-state index contributed by atoms with van der Waals surface area (Å²) in [6.45, 7) is 9.36. The SMILES string of the molecule is CCCCC(C)CCCC(C)CC. The first-order valence-corrected chi connectivity index (χ1v) is 6.20. The quantitative estimate of drug-likeness (QED) is 0.496. The van der Waals surface area contributed by atoms with Crippen LogP contribution in [-0.2, 0) is 0 Å². The van der Waals surface area contributed by atoms with Gasteiger partial charge in [-0.25, -0.2) is 0 Å². The van der Waals surface area contributed by atoms with Gasteiger partial charge >= 0.3 is 0 Å². The van der Waals surface area contributed by atoms with E-state index in [1.54, 1.807) is 0 Å². The van der Waals surface area contributed by atoms with Crippen LogP contribution in [0.25, 0.3) is 0 Å². The standard InChI is InChI=1S/C13H28/c1-5-7-9-13(4)11-8-10-12(3)6-2/h12-13H,5-11H2,1-4H3. The van der Waals surface area contributed by atoms with Crippen molar-refractivity contribution in [2.24, 2.45) is 11.8 Å². The summed E-state index contributed by atoms with van der Waals surface area (Å²) in [7, 11) is 0. The molecule has 0 aliphatic carbocycles. The van der Waals surface area contributed by atoms with Gasteiger partial charge in [0.15, 0.2) is 0 Å². The van der Waals surface area contributed by atoms with Crippen molar-refractivity contribution in [3.8, 4) is 0 Å². The summed E-state index contributed by atoms with van der Waals surface area (Å²) in [6, 6.07) is 0. The molecule has 0 saturated heterocycles. The summed E-state index contributed by atoms with van der Waals surface area (Å²) >= 11 is 0. The second-order valence-electron chi connectivity index (χ2n) is 4.69. The Hall–Kier alpha value is 0. The van der Waals surface area contributed by atoms with Crippen LogP contribution in [0.3, 0.4) is 0 Å². The van der Waals surface area contributed by atoms with Crippen molar-refractivity contribution < 1.29 is 0 Å². The molecule has 80 valence electrons. The summed E-state index contributed by atoms with van der Waals surface area (Å²) in [5, 5.41) is 0. The van der Waals surface area contributed by atoms with E-state index < -0.39 is 0 Å². The van der Waals surface area contributed by atoms with E-state index in [4.69, 9.17) is 0 Å². The second kappa shape index (κ2) is 8.59. The van der Waals surface area contributed by atoms with Gasteiger partial charge in [-0.3, -0.25) is 0 Å². The molecule has 13 heavy (non-hydrogen) atoms. The van der Waals surface area contributed by atoms with E-state index in [0.717, 1.165) is 11.8 Å². The molecule has 0 aliphatic heterocycles. The molecule has 0 aromatic carbocycles. The molecule has 0 amide bonds. The lowest BCUT2D eigenvalue weighted by molar-refractivity contribution is 0.411.